The topological polar surface area (TPSA) is 71.5 Å². The van der Waals surface area contributed by atoms with E-state index in [1.807, 2.05) is 14.1 Å². The van der Waals surface area contributed by atoms with Gasteiger partial charge in [-0.05, 0) is 39.8 Å². The van der Waals surface area contributed by atoms with Gasteiger partial charge in [-0.25, -0.2) is 9.78 Å². The molecule has 1 amide bonds. The van der Waals surface area contributed by atoms with E-state index in [9.17, 15) is 9.59 Å². The number of amides is 1. The van der Waals surface area contributed by atoms with Crippen LogP contribution in [-0.2, 0) is 9.53 Å². The molecule has 0 aliphatic heterocycles. The lowest BCUT2D eigenvalue weighted by Crippen LogP contribution is -2.42. The van der Waals surface area contributed by atoms with Crippen molar-refractivity contribution in [3.63, 3.8) is 0 Å². The first kappa shape index (κ1) is 16.9. The van der Waals surface area contributed by atoms with Crippen molar-refractivity contribution < 1.29 is 14.3 Å². The molecule has 1 aromatic rings. The highest BCUT2D eigenvalue weighted by Gasteiger charge is 2.23. The molecule has 6 nitrogen and oxygen atoms in total. The number of anilines is 1. The molecule has 0 fully saturated rings. The Morgan fingerprint density at radius 3 is 2.48 bits per heavy atom. The summed E-state index contributed by atoms with van der Waals surface area (Å²) in [5.41, 5.74) is -0.130. The molecule has 0 saturated carbocycles. The molecule has 0 saturated heterocycles. The minimum absolute atomic E-state index is 0.334. The van der Waals surface area contributed by atoms with E-state index in [0.717, 1.165) is 0 Å². The largest absolute Gasteiger partial charge is 0.458 e. The van der Waals surface area contributed by atoms with E-state index in [1.165, 1.54) is 0 Å². The van der Waals surface area contributed by atoms with E-state index in [4.69, 9.17) is 4.74 Å². The van der Waals surface area contributed by atoms with Gasteiger partial charge in [-0.1, -0.05) is 0 Å². The molecular weight excluding hydrogens is 270 g/mol. The van der Waals surface area contributed by atoms with Crippen LogP contribution in [0.3, 0.4) is 0 Å². The van der Waals surface area contributed by atoms with Crippen molar-refractivity contribution >= 4 is 17.7 Å². The van der Waals surface area contributed by atoms with E-state index in [0.29, 0.717) is 11.4 Å². The van der Waals surface area contributed by atoms with Crippen molar-refractivity contribution in [1.29, 1.82) is 0 Å². The highest BCUT2D eigenvalue weighted by atomic mass is 16.6. The number of pyridine rings is 1. The van der Waals surface area contributed by atoms with E-state index >= 15 is 0 Å². The fraction of sp³-hybridized carbons (Fsp3) is 0.533. The Morgan fingerprint density at radius 1 is 1.33 bits per heavy atom. The van der Waals surface area contributed by atoms with Gasteiger partial charge < -0.3 is 15.0 Å². The normalized spacial score (nSPS) is 12.5. The predicted molar refractivity (Wildman–Crippen MR) is 81.3 cm³/mol. The monoisotopic (exact) mass is 293 g/mol. The fourth-order valence-corrected chi connectivity index (χ4v) is 1.53. The third-order valence-electron chi connectivity index (χ3n) is 2.57. The van der Waals surface area contributed by atoms with Crippen LogP contribution in [-0.4, -0.2) is 42.6 Å². The standard InChI is InChI=1S/C15H23N3O3/c1-10(14(20)21-15(2,3)4)17-13(19)11-7-8-16-12(9-11)18(5)6/h7-10H,1-6H3,(H,17,19)/t10-/m0/s1. The van der Waals surface area contributed by atoms with Crippen LogP contribution < -0.4 is 10.2 Å². The van der Waals surface area contributed by atoms with Gasteiger partial charge in [0.15, 0.2) is 0 Å². The van der Waals surface area contributed by atoms with Crippen molar-refractivity contribution in [3.8, 4) is 0 Å². The van der Waals surface area contributed by atoms with E-state index in [1.54, 1.807) is 50.9 Å². The maximum Gasteiger partial charge on any atom is 0.328 e. The van der Waals surface area contributed by atoms with Gasteiger partial charge >= 0.3 is 5.97 Å². The van der Waals surface area contributed by atoms with Crippen LogP contribution in [0, 0.1) is 0 Å². The Hall–Kier alpha value is -2.11. The van der Waals surface area contributed by atoms with Gasteiger partial charge in [-0.15, -0.1) is 0 Å². The summed E-state index contributed by atoms with van der Waals surface area (Å²) in [7, 11) is 3.68. The van der Waals surface area contributed by atoms with Crippen LogP contribution in [0.5, 0.6) is 0 Å². The molecule has 0 bridgehead atoms. The first-order chi connectivity index (χ1) is 9.60. The van der Waals surface area contributed by atoms with Crippen molar-refractivity contribution in [1.82, 2.24) is 10.3 Å². The zero-order valence-corrected chi connectivity index (χ0v) is 13.4. The minimum Gasteiger partial charge on any atom is -0.458 e. The molecule has 1 heterocycles. The number of rotatable bonds is 4. The first-order valence-corrected chi connectivity index (χ1v) is 6.77. The lowest BCUT2D eigenvalue weighted by molar-refractivity contribution is -0.156. The number of aromatic nitrogens is 1. The molecule has 0 aliphatic rings. The van der Waals surface area contributed by atoms with Crippen LogP contribution in [0.25, 0.3) is 0 Å². The molecule has 1 atom stereocenters. The summed E-state index contributed by atoms with van der Waals surface area (Å²) in [5, 5.41) is 2.62. The number of nitrogens with one attached hydrogen (secondary N) is 1. The summed E-state index contributed by atoms with van der Waals surface area (Å²) in [6.45, 7) is 6.95. The number of carbonyl (C=O) groups is 2. The lowest BCUT2D eigenvalue weighted by atomic mass is 10.2. The lowest BCUT2D eigenvalue weighted by Gasteiger charge is -2.22. The van der Waals surface area contributed by atoms with E-state index in [2.05, 4.69) is 10.3 Å². The van der Waals surface area contributed by atoms with Gasteiger partial charge in [-0.2, -0.15) is 0 Å². The third-order valence-corrected chi connectivity index (χ3v) is 2.57. The second-order valence-corrected chi connectivity index (χ2v) is 6.03. The van der Waals surface area contributed by atoms with Gasteiger partial charge in [0.1, 0.15) is 17.5 Å². The second-order valence-electron chi connectivity index (χ2n) is 6.03. The van der Waals surface area contributed by atoms with Gasteiger partial charge in [0.25, 0.3) is 5.91 Å². The summed E-state index contributed by atoms with van der Waals surface area (Å²) in [4.78, 5) is 29.9. The molecule has 0 spiro atoms. The molecule has 1 rings (SSSR count). The van der Waals surface area contributed by atoms with E-state index < -0.39 is 17.6 Å². The molecule has 1 N–H and O–H groups in total. The summed E-state index contributed by atoms with van der Waals surface area (Å²) >= 11 is 0. The van der Waals surface area contributed by atoms with Gasteiger partial charge in [0.05, 0.1) is 0 Å². The van der Waals surface area contributed by atoms with Crippen LogP contribution in [0.15, 0.2) is 18.3 Å². The average Bonchev–Trinajstić information content (AvgIpc) is 2.36. The number of ether oxygens (including phenoxy) is 1. The third kappa shape index (κ3) is 5.41. The maximum absolute atomic E-state index is 12.1. The van der Waals surface area contributed by atoms with Crippen LogP contribution in [0.2, 0.25) is 0 Å². The average molecular weight is 293 g/mol. The van der Waals surface area contributed by atoms with Gasteiger partial charge in [0, 0.05) is 25.9 Å². The van der Waals surface area contributed by atoms with Gasteiger partial charge in [0.2, 0.25) is 0 Å². The highest BCUT2D eigenvalue weighted by molar-refractivity contribution is 5.97. The fourth-order valence-electron chi connectivity index (χ4n) is 1.53. The number of hydrogen-bond donors (Lipinski definition) is 1. The van der Waals surface area contributed by atoms with Crippen LogP contribution in [0.4, 0.5) is 5.82 Å². The smallest absolute Gasteiger partial charge is 0.328 e. The predicted octanol–water partition coefficient (Wildman–Crippen LogP) is 1.61. The molecule has 1 aromatic heterocycles. The zero-order chi connectivity index (χ0) is 16.2. The molecule has 0 aromatic carbocycles. The number of hydrogen-bond acceptors (Lipinski definition) is 5. The van der Waals surface area contributed by atoms with Gasteiger partial charge in [-0.3, -0.25) is 4.79 Å². The van der Waals surface area contributed by atoms with Crippen molar-refractivity contribution in [2.24, 2.45) is 0 Å². The summed E-state index contributed by atoms with van der Waals surface area (Å²) in [5.74, 6) is -0.121. The number of carbonyl (C=O) groups excluding carboxylic acids is 2. The summed E-state index contributed by atoms with van der Waals surface area (Å²) in [6, 6.07) is 2.55. The summed E-state index contributed by atoms with van der Waals surface area (Å²) in [6.07, 6.45) is 1.56. The van der Waals surface area contributed by atoms with Crippen LogP contribution >= 0.6 is 0 Å². The van der Waals surface area contributed by atoms with Crippen molar-refractivity contribution in [2.45, 2.75) is 39.3 Å². The van der Waals surface area contributed by atoms with E-state index in [-0.39, 0.29) is 5.91 Å². The quantitative estimate of drug-likeness (QED) is 0.854. The highest BCUT2D eigenvalue weighted by Crippen LogP contribution is 2.11. The molecular formula is C15H23N3O3. The zero-order valence-electron chi connectivity index (χ0n) is 13.4. The molecule has 21 heavy (non-hydrogen) atoms. The second kappa shape index (κ2) is 6.56. The number of esters is 1. The molecule has 0 radical (unpaired) electrons. The maximum atomic E-state index is 12.1. The molecule has 6 heteroatoms. The minimum atomic E-state index is -0.715. The molecule has 116 valence electrons. The Kier molecular flexibility index (Phi) is 5.29. The molecule has 0 unspecified atom stereocenters. The Bertz CT molecular complexity index is 521. The van der Waals surface area contributed by atoms with Crippen molar-refractivity contribution in [3.05, 3.63) is 23.9 Å². The SMILES string of the molecule is C[C@H](NC(=O)c1ccnc(N(C)C)c1)C(=O)OC(C)(C)C. The summed E-state index contributed by atoms with van der Waals surface area (Å²) < 4.78 is 5.22. The van der Waals surface area contributed by atoms with Crippen molar-refractivity contribution in [2.75, 3.05) is 19.0 Å². The Balaban J connectivity index is 2.72. The van der Waals surface area contributed by atoms with Crippen LogP contribution in [0.1, 0.15) is 38.1 Å². The first-order valence-electron chi connectivity index (χ1n) is 6.77. The Morgan fingerprint density at radius 2 is 1.95 bits per heavy atom. The molecule has 0 aliphatic carbocycles. The Labute approximate surface area is 125 Å². The number of nitrogens with zero attached hydrogens (tertiary/aromatic N) is 2.